The molecule has 1 aromatic heterocycles. The molecule has 0 aromatic carbocycles. The van der Waals surface area contributed by atoms with Crippen molar-refractivity contribution in [1.82, 2.24) is 15.2 Å². The van der Waals surface area contributed by atoms with Gasteiger partial charge < -0.3 is 20.1 Å². The summed E-state index contributed by atoms with van der Waals surface area (Å²) in [6.45, 7) is 1.07. The minimum Gasteiger partial charge on any atom is -0.393 e. The molecule has 7 nitrogen and oxygen atoms in total. The molecular weight excluding hydrogens is 334 g/mol. The summed E-state index contributed by atoms with van der Waals surface area (Å²) < 4.78 is 6.02. The second-order valence-electron chi connectivity index (χ2n) is 7.49. The molecule has 140 valence electrons. The second-order valence-corrected chi connectivity index (χ2v) is 7.49. The van der Waals surface area contributed by atoms with Crippen LogP contribution < -0.4 is 5.32 Å². The summed E-state index contributed by atoms with van der Waals surface area (Å²) in [4.78, 5) is 31.1. The Morgan fingerprint density at radius 3 is 2.85 bits per heavy atom. The number of hydrogen-bond acceptors (Lipinski definition) is 5. The van der Waals surface area contributed by atoms with Crippen LogP contribution in [0, 0.1) is 5.92 Å². The molecular formula is C19H25N3O4. The van der Waals surface area contributed by atoms with Crippen molar-refractivity contribution in [3.8, 4) is 0 Å². The zero-order valence-electron chi connectivity index (χ0n) is 14.7. The van der Waals surface area contributed by atoms with E-state index in [0.29, 0.717) is 32.4 Å². The van der Waals surface area contributed by atoms with E-state index in [1.807, 2.05) is 23.1 Å². The van der Waals surface area contributed by atoms with Crippen LogP contribution in [0.1, 0.15) is 37.8 Å². The first-order valence-electron chi connectivity index (χ1n) is 9.43. The topological polar surface area (TPSA) is 91.8 Å². The van der Waals surface area contributed by atoms with E-state index in [2.05, 4.69) is 10.3 Å². The Morgan fingerprint density at radius 2 is 2.12 bits per heavy atom. The molecule has 2 saturated heterocycles. The van der Waals surface area contributed by atoms with Gasteiger partial charge in [0.25, 0.3) is 0 Å². The molecule has 4 rings (SSSR count). The number of nitrogens with one attached hydrogen (secondary N) is 1. The van der Waals surface area contributed by atoms with Crippen LogP contribution in [0.4, 0.5) is 0 Å². The van der Waals surface area contributed by atoms with Crippen molar-refractivity contribution in [3.05, 3.63) is 30.1 Å². The molecule has 2 aliphatic heterocycles. The summed E-state index contributed by atoms with van der Waals surface area (Å²) in [6.07, 6.45) is 4.18. The van der Waals surface area contributed by atoms with Gasteiger partial charge in [0.15, 0.2) is 0 Å². The minimum atomic E-state index is -0.458. The molecule has 0 radical (unpaired) electrons. The summed E-state index contributed by atoms with van der Waals surface area (Å²) in [6, 6.07) is 5.67. The first-order valence-corrected chi connectivity index (χ1v) is 9.43. The number of carbonyl (C=O) groups excluding carboxylic acids is 2. The van der Waals surface area contributed by atoms with Crippen molar-refractivity contribution in [2.24, 2.45) is 5.92 Å². The van der Waals surface area contributed by atoms with E-state index >= 15 is 0 Å². The highest BCUT2D eigenvalue weighted by molar-refractivity contribution is 5.82. The van der Waals surface area contributed by atoms with Gasteiger partial charge in [-0.1, -0.05) is 6.07 Å². The number of amides is 2. The number of nitrogens with zero attached hydrogens (tertiary/aromatic N) is 2. The largest absolute Gasteiger partial charge is 0.393 e. The average Bonchev–Trinajstić information content (AvgIpc) is 3.07. The van der Waals surface area contributed by atoms with Crippen molar-refractivity contribution in [2.75, 3.05) is 6.54 Å². The Hall–Kier alpha value is -1.99. The van der Waals surface area contributed by atoms with Gasteiger partial charge in [0.2, 0.25) is 11.8 Å². The minimum absolute atomic E-state index is 0.0388. The Morgan fingerprint density at radius 1 is 1.27 bits per heavy atom. The number of fused-ring (bicyclic) bond motifs is 1. The third-order valence-corrected chi connectivity index (χ3v) is 5.76. The standard InChI is InChI=1S/C19H25N3O4/c23-14-9-12(10-14)19(25)22-8-6-16-15(22)4-5-17(26-16)18(24)21-11-13-3-1-2-7-20-13/h1-3,7,12,14-17,23H,4-6,8-11H2,(H,21,24)/t12?,14?,15-,16-,17-/m1/s1. The molecule has 2 amide bonds. The van der Waals surface area contributed by atoms with Gasteiger partial charge in [-0.25, -0.2) is 0 Å². The van der Waals surface area contributed by atoms with Crippen LogP contribution in [0.15, 0.2) is 24.4 Å². The molecule has 26 heavy (non-hydrogen) atoms. The Kier molecular flexibility index (Phi) is 4.91. The Bertz CT molecular complexity index is 662. The Labute approximate surface area is 152 Å². The van der Waals surface area contributed by atoms with Crippen molar-refractivity contribution in [3.63, 3.8) is 0 Å². The van der Waals surface area contributed by atoms with Crippen molar-refractivity contribution < 1.29 is 19.4 Å². The average molecular weight is 359 g/mol. The first-order chi connectivity index (χ1) is 12.6. The van der Waals surface area contributed by atoms with E-state index < -0.39 is 6.10 Å². The third kappa shape index (κ3) is 3.46. The van der Waals surface area contributed by atoms with Crippen LogP contribution in [0.3, 0.4) is 0 Å². The van der Waals surface area contributed by atoms with Crippen LogP contribution in [0.25, 0.3) is 0 Å². The lowest BCUT2D eigenvalue weighted by Crippen LogP contribution is -2.51. The van der Waals surface area contributed by atoms with Gasteiger partial charge in [-0.05, 0) is 44.2 Å². The highest BCUT2D eigenvalue weighted by Gasteiger charge is 2.46. The summed E-state index contributed by atoms with van der Waals surface area (Å²) >= 11 is 0. The molecule has 1 saturated carbocycles. The van der Waals surface area contributed by atoms with Gasteiger partial charge in [-0.2, -0.15) is 0 Å². The maximum absolute atomic E-state index is 12.6. The number of carbonyl (C=O) groups is 2. The van der Waals surface area contributed by atoms with E-state index in [1.54, 1.807) is 6.20 Å². The van der Waals surface area contributed by atoms with Crippen molar-refractivity contribution in [2.45, 2.75) is 63.0 Å². The maximum atomic E-state index is 12.6. The fourth-order valence-electron chi connectivity index (χ4n) is 4.21. The van der Waals surface area contributed by atoms with Crippen LogP contribution in [0.2, 0.25) is 0 Å². The number of aromatic nitrogens is 1. The predicted octanol–water partition coefficient (Wildman–Crippen LogP) is 0.617. The highest BCUT2D eigenvalue weighted by Crippen LogP contribution is 2.36. The number of pyridine rings is 1. The molecule has 1 aliphatic carbocycles. The van der Waals surface area contributed by atoms with Gasteiger partial charge in [0.1, 0.15) is 6.10 Å². The van der Waals surface area contributed by atoms with Gasteiger partial charge >= 0.3 is 0 Å². The molecule has 3 aliphatic rings. The monoisotopic (exact) mass is 359 g/mol. The van der Waals surface area contributed by atoms with Crippen LogP contribution in [-0.2, 0) is 20.9 Å². The predicted molar refractivity (Wildman–Crippen MR) is 92.8 cm³/mol. The molecule has 2 N–H and O–H groups in total. The van der Waals surface area contributed by atoms with Crippen molar-refractivity contribution in [1.29, 1.82) is 0 Å². The quantitative estimate of drug-likeness (QED) is 0.822. The summed E-state index contributed by atoms with van der Waals surface area (Å²) in [5, 5.41) is 12.3. The van der Waals surface area contributed by atoms with E-state index in [-0.39, 0.29) is 36.0 Å². The number of ether oxygens (including phenoxy) is 1. The maximum Gasteiger partial charge on any atom is 0.249 e. The lowest BCUT2D eigenvalue weighted by Gasteiger charge is -2.39. The number of aliphatic hydroxyl groups excluding tert-OH is 1. The number of likely N-dealkylation sites (tertiary alicyclic amines) is 1. The smallest absolute Gasteiger partial charge is 0.249 e. The number of rotatable bonds is 4. The summed E-state index contributed by atoms with van der Waals surface area (Å²) in [5.74, 6) is -0.00593. The van der Waals surface area contributed by atoms with Crippen molar-refractivity contribution >= 4 is 11.8 Å². The molecule has 0 bridgehead atoms. The number of aliphatic hydroxyl groups is 1. The van der Waals surface area contributed by atoms with E-state index in [0.717, 1.165) is 18.5 Å². The fourth-order valence-corrected chi connectivity index (χ4v) is 4.21. The van der Waals surface area contributed by atoms with Crippen LogP contribution in [-0.4, -0.2) is 57.7 Å². The Balaban J connectivity index is 1.28. The number of hydrogen-bond donors (Lipinski definition) is 2. The first kappa shape index (κ1) is 17.4. The molecule has 0 spiro atoms. The molecule has 3 heterocycles. The molecule has 3 atom stereocenters. The summed E-state index contributed by atoms with van der Waals surface area (Å²) in [5.41, 5.74) is 0.815. The van der Waals surface area contributed by atoms with E-state index in [9.17, 15) is 14.7 Å². The second kappa shape index (κ2) is 7.32. The third-order valence-electron chi connectivity index (χ3n) is 5.76. The van der Waals surface area contributed by atoms with Gasteiger partial charge in [0.05, 0.1) is 30.5 Å². The SMILES string of the molecule is O=C(NCc1ccccn1)[C@H]1CC[C@@H]2[C@@H](CCN2C(=O)C2CC(O)C2)O1. The lowest BCUT2D eigenvalue weighted by atomic mass is 9.81. The molecule has 7 heteroatoms. The van der Waals surface area contributed by atoms with E-state index in [1.165, 1.54) is 0 Å². The normalized spacial score (nSPS) is 33.3. The summed E-state index contributed by atoms with van der Waals surface area (Å²) in [7, 11) is 0. The van der Waals surface area contributed by atoms with Gasteiger partial charge in [-0.15, -0.1) is 0 Å². The lowest BCUT2D eigenvalue weighted by molar-refractivity contribution is -0.152. The highest BCUT2D eigenvalue weighted by atomic mass is 16.5. The molecule has 3 fully saturated rings. The zero-order valence-corrected chi connectivity index (χ0v) is 14.7. The fraction of sp³-hybridized carbons (Fsp3) is 0.632. The molecule has 0 unspecified atom stereocenters. The van der Waals surface area contributed by atoms with Gasteiger partial charge in [0, 0.05) is 18.7 Å². The van der Waals surface area contributed by atoms with Gasteiger partial charge in [-0.3, -0.25) is 14.6 Å². The zero-order chi connectivity index (χ0) is 18.1. The van der Waals surface area contributed by atoms with E-state index in [4.69, 9.17) is 4.74 Å². The molecule has 1 aromatic rings. The van der Waals surface area contributed by atoms with Crippen LogP contribution in [0.5, 0.6) is 0 Å². The van der Waals surface area contributed by atoms with Crippen LogP contribution >= 0.6 is 0 Å².